The molecule has 3 nitrogen and oxygen atoms in total. The molecule has 0 spiro atoms. The van der Waals surface area contributed by atoms with Gasteiger partial charge in [0.15, 0.2) is 0 Å². The Morgan fingerprint density at radius 1 is 1.64 bits per heavy atom. The normalized spacial score (nSPS) is 27.7. The Balaban J connectivity index is 2.49. The van der Waals surface area contributed by atoms with Crippen molar-refractivity contribution in [1.29, 1.82) is 0 Å². The lowest BCUT2D eigenvalue weighted by molar-refractivity contribution is -0.127. The van der Waals surface area contributed by atoms with Crippen molar-refractivity contribution < 1.29 is 9.53 Å². The number of hydrogen-bond acceptors (Lipinski definition) is 2. The van der Waals surface area contributed by atoms with Gasteiger partial charge in [0.1, 0.15) is 0 Å². The van der Waals surface area contributed by atoms with Gasteiger partial charge < -0.3 is 10.1 Å². The van der Waals surface area contributed by atoms with E-state index in [-0.39, 0.29) is 23.5 Å². The Morgan fingerprint density at radius 2 is 2.29 bits per heavy atom. The van der Waals surface area contributed by atoms with Crippen LogP contribution in [0.2, 0.25) is 0 Å². The van der Waals surface area contributed by atoms with Crippen LogP contribution in [0.3, 0.4) is 0 Å². The molecule has 0 aromatic rings. The maximum atomic E-state index is 11.8. The maximum Gasteiger partial charge on any atom is 0.226 e. The first kappa shape index (κ1) is 12.0. The molecule has 82 valence electrons. The summed E-state index contributed by atoms with van der Waals surface area (Å²) in [5, 5.41) is 3.77. The summed E-state index contributed by atoms with van der Waals surface area (Å²) < 4.78 is 5.36. The van der Waals surface area contributed by atoms with E-state index in [0.29, 0.717) is 6.61 Å². The highest BCUT2D eigenvalue weighted by Gasteiger charge is 2.33. The van der Waals surface area contributed by atoms with E-state index < -0.39 is 0 Å². The Kier molecular flexibility index (Phi) is 3.95. The maximum absolute atomic E-state index is 11.8. The molecule has 0 saturated carbocycles. The van der Waals surface area contributed by atoms with Gasteiger partial charge in [0.25, 0.3) is 0 Å². The van der Waals surface area contributed by atoms with Crippen molar-refractivity contribution in [2.75, 3.05) is 11.9 Å². The molecule has 14 heavy (non-hydrogen) atoms. The van der Waals surface area contributed by atoms with E-state index in [9.17, 15) is 4.79 Å². The van der Waals surface area contributed by atoms with Crippen LogP contribution >= 0.6 is 15.9 Å². The number of alkyl halides is 1. The van der Waals surface area contributed by atoms with Gasteiger partial charge in [0, 0.05) is 17.5 Å². The zero-order valence-corrected chi connectivity index (χ0v) is 10.6. The molecule has 1 N–H and O–H groups in total. The third-order valence-corrected chi connectivity index (χ3v) is 3.91. The van der Waals surface area contributed by atoms with Crippen molar-refractivity contribution in [3.05, 3.63) is 0 Å². The van der Waals surface area contributed by atoms with Crippen molar-refractivity contribution in [2.24, 2.45) is 5.92 Å². The van der Waals surface area contributed by atoms with Crippen molar-refractivity contribution in [1.82, 2.24) is 5.32 Å². The van der Waals surface area contributed by atoms with Gasteiger partial charge in [-0.3, -0.25) is 4.79 Å². The number of carbonyl (C=O) groups excluding carboxylic acids is 1. The molecule has 1 rings (SSSR count). The van der Waals surface area contributed by atoms with Gasteiger partial charge in [0.05, 0.1) is 12.0 Å². The summed E-state index contributed by atoms with van der Waals surface area (Å²) in [5.74, 6) is 0.132. The van der Waals surface area contributed by atoms with E-state index in [2.05, 4.69) is 21.2 Å². The molecule has 1 fully saturated rings. The fourth-order valence-electron chi connectivity index (χ4n) is 1.54. The minimum atomic E-state index is -0.181. The van der Waals surface area contributed by atoms with Gasteiger partial charge in [-0.15, -0.1) is 0 Å². The van der Waals surface area contributed by atoms with Crippen LogP contribution in [-0.2, 0) is 9.53 Å². The van der Waals surface area contributed by atoms with E-state index in [0.717, 1.165) is 11.8 Å². The van der Waals surface area contributed by atoms with E-state index in [1.165, 1.54) is 0 Å². The summed E-state index contributed by atoms with van der Waals surface area (Å²) in [5.41, 5.74) is -0.181. The second-order valence-electron chi connectivity index (χ2n) is 4.48. The number of hydrogen-bond donors (Lipinski definition) is 1. The molecule has 1 saturated heterocycles. The Morgan fingerprint density at radius 3 is 2.71 bits per heavy atom. The molecule has 0 aliphatic carbocycles. The van der Waals surface area contributed by atoms with Gasteiger partial charge in [0.2, 0.25) is 5.91 Å². The minimum Gasteiger partial charge on any atom is -0.378 e. The fraction of sp³-hybridized carbons (Fsp3) is 0.900. The van der Waals surface area contributed by atoms with Crippen LogP contribution in [0.5, 0.6) is 0 Å². The Bertz CT molecular complexity index is 218. The zero-order chi connectivity index (χ0) is 10.8. The first-order valence-electron chi connectivity index (χ1n) is 4.96. The number of rotatable bonds is 3. The topological polar surface area (TPSA) is 38.3 Å². The third-order valence-electron chi connectivity index (χ3n) is 2.51. The van der Waals surface area contributed by atoms with E-state index in [1.54, 1.807) is 0 Å². The van der Waals surface area contributed by atoms with Crippen molar-refractivity contribution in [3.8, 4) is 0 Å². The number of halogens is 1. The molecule has 0 bridgehead atoms. The lowest BCUT2D eigenvalue weighted by Gasteiger charge is -2.26. The number of amides is 1. The first-order valence-corrected chi connectivity index (χ1v) is 6.08. The van der Waals surface area contributed by atoms with Crippen LogP contribution < -0.4 is 5.32 Å². The van der Waals surface area contributed by atoms with Gasteiger partial charge in [-0.05, 0) is 27.2 Å². The predicted octanol–water partition coefficient (Wildman–Crippen LogP) is 1.70. The Hall–Kier alpha value is -0.0900. The lowest BCUT2D eigenvalue weighted by Crippen LogP contribution is -2.48. The molecule has 1 aliphatic heterocycles. The number of nitrogens with one attached hydrogen (secondary N) is 1. The van der Waals surface area contributed by atoms with Crippen molar-refractivity contribution >= 4 is 21.8 Å². The monoisotopic (exact) mass is 263 g/mol. The Labute approximate surface area is 93.7 Å². The SMILES string of the molecule is CC1OCCC1C(=O)NC(C)(C)CBr. The van der Waals surface area contributed by atoms with E-state index in [4.69, 9.17) is 4.74 Å². The highest BCUT2D eigenvalue weighted by atomic mass is 79.9. The van der Waals surface area contributed by atoms with Crippen LogP contribution in [0.1, 0.15) is 27.2 Å². The summed E-state index contributed by atoms with van der Waals surface area (Å²) in [7, 11) is 0. The fourth-order valence-corrected chi connectivity index (χ4v) is 1.68. The van der Waals surface area contributed by atoms with Crippen LogP contribution in [0.4, 0.5) is 0 Å². The molecule has 2 atom stereocenters. The largest absolute Gasteiger partial charge is 0.378 e. The molecule has 4 heteroatoms. The molecule has 1 heterocycles. The van der Waals surface area contributed by atoms with E-state index in [1.807, 2.05) is 20.8 Å². The quantitative estimate of drug-likeness (QED) is 0.788. The summed E-state index contributed by atoms with van der Waals surface area (Å²) in [6.45, 7) is 6.66. The van der Waals surface area contributed by atoms with Gasteiger partial charge in [-0.25, -0.2) is 0 Å². The highest BCUT2D eigenvalue weighted by molar-refractivity contribution is 9.09. The zero-order valence-electron chi connectivity index (χ0n) is 8.97. The van der Waals surface area contributed by atoms with Gasteiger partial charge >= 0.3 is 0 Å². The third kappa shape index (κ3) is 2.95. The molecular weight excluding hydrogens is 246 g/mol. The number of carbonyl (C=O) groups is 1. The smallest absolute Gasteiger partial charge is 0.226 e. The first-order chi connectivity index (χ1) is 6.46. The molecule has 0 aromatic heterocycles. The molecule has 1 aliphatic rings. The second kappa shape index (κ2) is 4.62. The standard InChI is InChI=1S/C10H18BrNO2/c1-7-8(4-5-14-7)9(13)12-10(2,3)6-11/h7-8H,4-6H2,1-3H3,(H,12,13). The molecule has 2 unspecified atom stereocenters. The van der Waals surface area contributed by atoms with Crippen molar-refractivity contribution in [2.45, 2.75) is 38.8 Å². The number of ether oxygens (including phenoxy) is 1. The van der Waals surface area contributed by atoms with Gasteiger partial charge in [-0.1, -0.05) is 15.9 Å². The lowest BCUT2D eigenvalue weighted by atomic mass is 9.99. The molecule has 0 radical (unpaired) electrons. The minimum absolute atomic E-state index is 0.0216. The summed E-state index contributed by atoms with van der Waals surface area (Å²) in [6.07, 6.45) is 0.895. The molecular formula is C10H18BrNO2. The van der Waals surface area contributed by atoms with Crippen LogP contribution in [0.15, 0.2) is 0 Å². The van der Waals surface area contributed by atoms with Crippen LogP contribution in [0, 0.1) is 5.92 Å². The van der Waals surface area contributed by atoms with E-state index >= 15 is 0 Å². The predicted molar refractivity (Wildman–Crippen MR) is 59.5 cm³/mol. The van der Waals surface area contributed by atoms with Crippen LogP contribution in [0.25, 0.3) is 0 Å². The summed E-state index contributed by atoms with van der Waals surface area (Å²) >= 11 is 3.38. The summed E-state index contributed by atoms with van der Waals surface area (Å²) in [4.78, 5) is 11.8. The average Bonchev–Trinajstić information content (AvgIpc) is 2.51. The second-order valence-corrected chi connectivity index (χ2v) is 5.04. The average molecular weight is 264 g/mol. The van der Waals surface area contributed by atoms with Crippen LogP contribution in [-0.4, -0.2) is 29.5 Å². The highest BCUT2D eigenvalue weighted by Crippen LogP contribution is 2.21. The van der Waals surface area contributed by atoms with Crippen molar-refractivity contribution in [3.63, 3.8) is 0 Å². The van der Waals surface area contributed by atoms with Gasteiger partial charge in [-0.2, -0.15) is 0 Å². The summed E-state index contributed by atoms with van der Waals surface area (Å²) in [6, 6.07) is 0. The molecule has 0 aromatic carbocycles. The molecule has 1 amide bonds.